The molecule has 3 heteroatoms. The van der Waals surface area contributed by atoms with E-state index in [0.717, 1.165) is 44.7 Å². The van der Waals surface area contributed by atoms with Crippen LogP contribution in [0.1, 0.15) is 31.9 Å². The first-order valence-electron chi connectivity index (χ1n) is 23.2. The predicted molar refractivity (Wildman–Crippen MR) is 286 cm³/mol. The molecule has 2 aromatic heterocycles. The number of aromatic nitrogens is 1. The minimum absolute atomic E-state index is 0.116. The average molecular weight is 861 g/mol. The zero-order chi connectivity index (χ0) is 45.2. The van der Waals surface area contributed by atoms with Gasteiger partial charge in [0.15, 0.2) is 0 Å². The summed E-state index contributed by atoms with van der Waals surface area (Å²) in [6.45, 7) is 10.1. The third kappa shape index (κ3) is 6.49. The van der Waals surface area contributed by atoms with Gasteiger partial charge in [-0.05, 0) is 135 Å². The standard InChI is InChI=1S/C59H40N2O.C5H8/c1-59(2)51-17-9-7-15-47(51)48-31-29-44(36-52(48)59)60(43-30-34-56-50(35-43)49-16-8-10-18-55(49)62-56)41-25-19-37(20-26-41)38-21-27-42(28-22-38)61-53-32-23-39-11-3-5-13-45(39)57(53)58-46-14-6-4-12-40(46)24-33-54(58)61;1-3-5-4-2/h3-36H,1-2H3;3-5H,1H2,2H3/b;5-4-. The minimum Gasteiger partial charge on any atom is -0.456 e. The monoisotopic (exact) mass is 860 g/mol. The van der Waals surface area contributed by atoms with Gasteiger partial charge in [0.1, 0.15) is 11.2 Å². The molecule has 67 heavy (non-hydrogen) atoms. The van der Waals surface area contributed by atoms with Gasteiger partial charge in [-0.2, -0.15) is 0 Å². The molecule has 0 unspecified atom stereocenters. The molecule has 0 aliphatic heterocycles. The SMILES string of the molecule is C=C/C=C\C.CC1(C)c2ccccc2-c2ccc(N(c3ccc(-c4ccc(-n5c6ccc7ccccc7c6c6c7ccccc7ccc65)cc4)cc3)c3ccc4oc5ccccc5c4c3)cc21. The van der Waals surface area contributed by atoms with Crippen LogP contribution >= 0.6 is 0 Å². The molecule has 0 bridgehead atoms. The highest BCUT2D eigenvalue weighted by atomic mass is 16.3. The van der Waals surface area contributed by atoms with Crippen LogP contribution in [0.2, 0.25) is 0 Å². The van der Waals surface area contributed by atoms with E-state index in [-0.39, 0.29) is 5.41 Å². The quantitative estimate of drug-likeness (QED) is 0.155. The van der Waals surface area contributed by atoms with Crippen LogP contribution in [-0.2, 0) is 5.41 Å². The summed E-state index contributed by atoms with van der Waals surface area (Å²) in [5, 5.41) is 9.90. The van der Waals surface area contributed by atoms with E-state index in [1.807, 2.05) is 31.2 Å². The van der Waals surface area contributed by atoms with Crippen LogP contribution < -0.4 is 4.90 Å². The molecule has 0 amide bonds. The van der Waals surface area contributed by atoms with Gasteiger partial charge in [0, 0.05) is 49.7 Å². The lowest BCUT2D eigenvalue weighted by Gasteiger charge is -2.28. The van der Waals surface area contributed by atoms with Crippen LogP contribution in [0.5, 0.6) is 0 Å². The highest BCUT2D eigenvalue weighted by Gasteiger charge is 2.35. The van der Waals surface area contributed by atoms with E-state index >= 15 is 0 Å². The molecule has 0 fully saturated rings. The molecule has 2 heterocycles. The molecule has 0 saturated heterocycles. The molecule has 320 valence electrons. The van der Waals surface area contributed by atoms with Crippen molar-refractivity contribution in [3.63, 3.8) is 0 Å². The summed E-state index contributed by atoms with van der Waals surface area (Å²) in [4.78, 5) is 2.39. The molecule has 1 aliphatic rings. The Morgan fingerprint density at radius 1 is 0.478 bits per heavy atom. The van der Waals surface area contributed by atoms with E-state index in [2.05, 4.69) is 224 Å². The summed E-state index contributed by atoms with van der Waals surface area (Å²) in [7, 11) is 0. The highest BCUT2D eigenvalue weighted by molar-refractivity contribution is 6.28. The number of anilines is 3. The third-order valence-electron chi connectivity index (χ3n) is 13.9. The van der Waals surface area contributed by atoms with Crippen molar-refractivity contribution in [1.82, 2.24) is 4.57 Å². The Hall–Kier alpha value is -8.40. The second kappa shape index (κ2) is 15.9. The highest BCUT2D eigenvalue weighted by Crippen LogP contribution is 2.51. The number of fused-ring (bicyclic) bond motifs is 13. The molecule has 10 aromatic carbocycles. The Kier molecular flexibility index (Phi) is 9.55. The lowest BCUT2D eigenvalue weighted by molar-refractivity contribution is 0.660. The number of furan rings is 1. The first kappa shape index (κ1) is 40.1. The molecule has 13 rings (SSSR count). The zero-order valence-electron chi connectivity index (χ0n) is 37.9. The maximum atomic E-state index is 6.28. The van der Waals surface area contributed by atoms with E-state index in [4.69, 9.17) is 4.42 Å². The maximum Gasteiger partial charge on any atom is 0.135 e. The summed E-state index contributed by atoms with van der Waals surface area (Å²) < 4.78 is 8.71. The summed E-state index contributed by atoms with van der Waals surface area (Å²) in [5.41, 5.74) is 16.3. The first-order valence-corrected chi connectivity index (χ1v) is 23.2. The molecular formula is C64H48N2O. The summed E-state index contributed by atoms with van der Waals surface area (Å²) in [6, 6.07) is 75.5. The number of rotatable bonds is 6. The molecule has 0 N–H and O–H groups in total. The van der Waals surface area contributed by atoms with Crippen LogP contribution in [-0.4, -0.2) is 4.57 Å². The Balaban J connectivity index is 0.000000892. The molecule has 0 radical (unpaired) electrons. The van der Waals surface area contributed by atoms with Gasteiger partial charge in [-0.15, -0.1) is 0 Å². The van der Waals surface area contributed by atoms with Gasteiger partial charge in [0.25, 0.3) is 0 Å². The zero-order valence-corrected chi connectivity index (χ0v) is 37.9. The Labute approximate surface area is 390 Å². The van der Waals surface area contributed by atoms with Gasteiger partial charge in [0.05, 0.1) is 11.0 Å². The van der Waals surface area contributed by atoms with Crippen molar-refractivity contribution >= 4 is 82.4 Å². The minimum atomic E-state index is -0.116. The lowest BCUT2D eigenvalue weighted by Crippen LogP contribution is -2.16. The molecule has 0 saturated carbocycles. The number of allylic oxidation sites excluding steroid dienone is 3. The van der Waals surface area contributed by atoms with Crippen molar-refractivity contribution in [2.45, 2.75) is 26.2 Å². The van der Waals surface area contributed by atoms with Crippen LogP contribution in [0.15, 0.2) is 235 Å². The van der Waals surface area contributed by atoms with Crippen molar-refractivity contribution in [1.29, 1.82) is 0 Å². The van der Waals surface area contributed by atoms with E-state index < -0.39 is 0 Å². The molecule has 1 aliphatic carbocycles. The Bertz CT molecular complexity index is 3820. The summed E-state index contributed by atoms with van der Waals surface area (Å²) >= 11 is 0. The molecule has 12 aromatic rings. The van der Waals surface area contributed by atoms with Crippen molar-refractivity contribution in [3.05, 3.63) is 242 Å². The predicted octanol–water partition coefficient (Wildman–Crippen LogP) is 18.2. The molecule has 0 atom stereocenters. The number of nitrogens with zero attached hydrogens (tertiary/aromatic N) is 2. The normalized spacial score (nSPS) is 12.8. The Morgan fingerprint density at radius 3 is 1.67 bits per heavy atom. The van der Waals surface area contributed by atoms with Gasteiger partial charge in [-0.1, -0.05) is 172 Å². The van der Waals surface area contributed by atoms with Crippen molar-refractivity contribution < 1.29 is 4.42 Å². The van der Waals surface area contributed by atoms with Crippen LogP contribution in [0.25, 0.3) is 93.2 Å². The number of para-hydroxylation sites is 1. The fourth-order valence-corrected chi connectivity index (χ4v) is 10.7. The van der Waals surface area contributed by atoms with Crippen LogP contribution in [0.3, 0.4) is 0 Å². The molecule has 3 nitrogen and oxygen atoms in total. The lowest BCUT2D eigenvalue weighted by atomic mass is 9.82. The first-order chi connectivity index (χ1) is 32.9. The third-order valence-corrected chi connectivity index (χ3v) is 13.9. The molecule has 0 spiro atoms. The van der Waals surface area contributed by atoms with Gasteiger partial charge in [-0.25, -0.2) is 0 Å². The largest absolute Gasteiger partial charge is 0.456 e. The second-order valence-electron chi connectivity index (χ2n) is 18.1. The topological polar surface area (TPSA) is 21.3 Å². The van der Waals surface area contributed by atoms with Gasteiger partial charge in [0.2, 0.25) is 0 Å². The van der Waals surface area contributed by atoms with Gasteiger partial charge < -0.3 is 13.9 Å². The van der Waals surface area contributed by atoms with Gasteiger partial charge >= 0.3 is 0 Å². The van der Waals surface area contributed by atoms with E-state index in [1.165, 1.54) is 76.7 Å². The smallest absolute Gasteiger partial charge is 0.135 e. The fourth-order valence-electron chi connectivity index (χ4n) is 10.7. The van der Waals surface area contributed by atoms with Crippen LogP contribution in [0, 0.1) is 0 Å². The fraction of sp³-hybridized carbons (Fsp3) is 0.0625. The van der Waals surface area contributed by atoms with Crippen molar-refractivity contribution in [3.8, 4) is 27.9 Å². The number of hydrogen-bond donors (Lipinski definition) is 0. The number of benzene rings is 10. The van der Waals surface area contributed by atoms with Gasteiger partial charge in [-0.3, -0.25) is 0 Å². The second-order valence-corrected chi connectivity index (χ2v) is 18.1. The van der Waals surface area contributed by atoms with E-state index in [1.54, 1.807) is 6.08 Å². The Morgan fingerprint density at radius 2 is 1.01 bits per heavy atom. The average Bonchev–Trinajstić information content (AvgIpc) is 4.00. The van der Waals surface area contributed by atoms with Crippen molar-refractivity contribution in [2.24, 2.45) is 0 Å². The van der Waals surface area contributed by atoms with E-state index in [0.29, 0.717) is 0 Å². The number of hydrogen-bond acceptors (Lipinski definition) is 2. The van der Waals surface area contributed by atoms with E-state index in [9.17, 15) is 0 Å². The van der Waals surface area contributed by atoms with Crippen LogP contribution in [0.4, 0.5) is 17.1 Å². The summed E-state index contributed by atoms with van der Waals surface area (Å²) in [6.07, 6.45) is 5.58. The summed E-state index contributed by atoms with van der Waals surface area (Å²) in [5.74, 6) is 0. The van der Waals surface area contributed by atoms with Crippen molar-refractivity contribution in [2.75, 3.05) is 4.90 Å². The molecular weight excluding hydrogens is 813 g/mol. The maximum absolute atomic E-state index is 6.28.